The number of hydrogen-bond donors (Lipinski definition) is 0. The highest BCUT2D eigenvalue weighted by Gasteiger charge is 2.37. The third-order valence-electron chi connectivity index (χ3n) is 4.54. The minimum atomic E-state index is -4.13. The van der Waals surface area contributed by atoms with Crippen molar-refractivity contribution in [3.63, 3.8) is 0 Å². The highest BCUT2D eigenvalue weighted by atomic mass is 32.2. The Morgan fingerprint density at radius 1 is 1.00 bits per heavy atom. The number of benzene rings is 3. The van der Waals surface area contributed by atoms with Crippen LogP contribution in [-0.2, 0) is 19.4 Å². The van der Waals surface area contributed by atoms with E-state index >= 15 is 0 Å². The molecule has 0 aliphatic rings. The predicted octanol–water partition coefficient (Wildman–Crippen LogP) is 4.88. The molecule has 0 spiro atoms. The molecule has 150 valence electrons. The van der Waals surface area contributed by atoms with E-state index in [2.05, 4.69) is 0 Å². The third-order valence-corrected chi connectivity index (χ3v) is 6.56. The zero-order valence-corrected chi connectivity index (χ0v) is 16.9. The Morgan fingerprint density at radius 2 is 1.66 bits per heavy atom. The standard InChI is InChI=1S/C23H21FO4S/c1-3-28-23(25)22(29(26,27)19-12-9-16(2)10-13-19)18-11-14-20(21(24)15-18)17-7-5-4-6-8-17/h4-15,22H,3H2,1-2H3. The van der Waals surface area contributed by atoms with E-state index in [1.807, 2.05) is 13.0 Å². The molecule has 0 aliphatic carbocycles. The van der Waals surface area contributed by atoms with Gasteiger partial charge >= 0.3 is 5.97 Å². The predicted molar refractivity (Wildman–Crippen MR) is 110 cm³/mol. The second kappa shape index (κ2) is 8.57. The largest absolute Gasteiger partial charge is 0.465 e. The van der Waals surface area contributed by atoms with Gasteiger partial charge < -0.3 is 4.74 Å². The number of hydrogen-bond acceptors (Lipinski definition) is 4. The van der Waals surface area contributed by atoms with Crippen LogP contribution in [0.1, 0.15) is 23.3 Å². The number of rotatable bonds is 6. The lowest BCUT2D eigenvalue weighted by atomic mass is 10.0. The summed E-state index contributed by atoms with van der Waals surface area (Å²) < 4.78 is 46.3. The first-order valence-corrected chi connectivity index (χ1v) is 10.7. The number of ether oxygens (including phenoxy) is 1. The zero-order chi connectivity index (χ0) is 21.0. The topological polar surface area (TPSA) is 60.4 Å². The average Bonchev–Trinajstić information content (AvgIpc) is 2.69. The molecule has 0 bridgehead atoms. The van der Waals surface area contributed by atoms with Crippen molar-refractivity contribution < 1.29 is 22.3 Å². The van der Waals surface area contributed by atoms with Crippen LogP contribution in [-0.4, -0.2) is 21.0 Å². The number of halogens is 1. The highest BCUT2D eigenvalue weighted by Crippen LogP contribution is 2.33. The summed E-state index contributed by atoms with van der Waals surface area (Å²) in [4.78, 5) is 12.6. The molecule has 0 aliphatic heterocycles. The first-order valence-electron chi connectivity index (χ1n) is 9.16. The highest BCUT2D eigenvalue weighted by molar-refractivity contribution is 7.92. The Kier molecular flexibility index (Phi) is 6.13. The summed E-state index contributed by atoms with van der Waals surface area (Å²) in [5, 5.41) is -1.65. The van der Waals surface area contributed by atoms with Gasteiger partial charge in [0.15, 0.2) is 15.1 Å². The zero-order valence-electron chi connectivity index (χ0n) is 16.1. The molecule has 0 saturated carbocycles. The summed E-state index contributed by atoms with van der Waals surface area (Å²) in [6.45, 7) is 3.44. The number of carbonyl (C=O) groups is 1. The molecule has 0 aromatic heterocycles. The van der Waals surface area contributed by atoms with Crippen molar-refractivity contribution in [3.05, 3.63) is 89.7 Å². The van der Waals surface area contributed by atoms with Gasteiger partial charge in [-0.05, 0) is 43.2 Å². The maximum absolute atomic E-state index is 14.8. The van der Waals surface area contributed by atoms with E-state index in [0.717, 1.165) is 11.6 Å². The number of sulfone groups is 1. The molecule has 1 atom stereocenters. The van der Waals surface area contributed by atoms with Crippen molar-refractivity contribution >= 4 is 15.8 Å². The fourth-order valence-corrected chi connectivity index (χ4v) is 4.68. The summed E-state index contributed by atoms with van der Waals surface area (Å²) in [5.41, 5.74) is 1.89. The molecule has 1 unspecified atom stereocenters. The molecule has 0 amide bonds. The van der Waals surface area contributed by atoms with Gasteiger partial charge in [-0.25, -0.2) is 12.8 Å². The van der Waals surface area contributed by atoms with Gasteiger partial charge in [-0.3, -0.25) is 4.79 Å². The third kappa shape index (κ3) is 4.38. The Labute approximate surface area is 169 Å². The lowest BCUT2D eigenvalue weighted by Gasteiger charge is -2.18. The van der Waals surface area contributed by atoms with Crippen molar-refractivity contribution in [2.24, 2.45) is 0 Å². The van der Waals surface area contributed by atoms with Gasteiger partial charge in [0, 0.05) is 5.56 Å². The van der Waals surface area contributed by atoms with E-state index in [-0.39, 0.29) is 17.1 Å². The maximum Gasteiger partial charge on any atom is 0.329 e. The quantitative estimate of drug-likeness (QED) is 0.542. The molecule has 0 heterocycles. The van der Waals surface area contributed by atoms with Crippen LogP contribution < -0.4 is 0 Å². The molecule has 0 saturated heterocycles. The number of esters is 1. The van der Waals surface area contributed by atoms with Crippen LogP contribution in [0.25, 0.3) is 11.1 Å². The van der Waals surface area contributed by atoms with Crippen LogP contribution in [0.15, 0.2) is 77.7 Å². The van der Waals surface area contributed by atoms with Gasteiger partial charge in [0.2, 0.25) is 0 Å². The van der Waals surface area contributed by atoms with Crippen LogP contribution in [0.5, 0.6) is 0 Å². The number of aryl methyl sites for hydroxylation is 1. The van der Waals surface area contributed by atoms with Gasteiger partial charge in [-0.15, -0.1) is 0 Å². The van der Waals surface area contributed by atoms with Crippen molar-refractivity contribution in [2.75, 3.05) is 6.61 Å². The van der Waals surface area contributed by atoms with Gasteiger partial charge in [0.05, 0.1) is 11.5 Å². The average molecular weight is 412 g/mol. The van der Waals surface area contributed by atoms with Crippen molar-refractivity contribution in [3.8, 4) is 11.1 Å². The lowest BCUT2D eigenvalue weighted by molar-refractivity contribution is -0.142. The smallest absolute Gasteiger partial charge is 0.329 e. The molecule has 6 heteroatoms. The van der Waals surface area contributed by atoms with Crippen molar-refractivity contribution in [1.29, 1.82) is 0 Å². The summed E-state index contributed by atoms with van der Waals surface area (Å²) in [7, 11) is -4.13. The van der Waals surface area contributed by atoms with Gasteiger partial charge in [-0.1, -0.05) is 60.2 Å². The second-order valence-electron chi connectivity index (χ2n) is 6.60. The van der Waals surface area contributed by atoms with E-state index < -0.39 is 26.9 Å². The van der Waals surface area contributed by atoms with Crippen LogP contribution in [0.3, 0.4) is 0 Å². The summed E-state index contributed by atoms with van der Waals surface area (Å²) >= 11 is 0. The number of carbonyl (C=O) groups excluding carboxylic acids is 1. The van der Waals surface area contributed by atoms with Crippen LogP contribution in [0, 0.1) is 12.7 Å². The molecule has 29 heavy (non-hydrogen) atoms. The second-order valence-corrected chi connectivity index (χ2v) is 8.63. The summed E-state index contributed by atoms with van der Waals surface area (Å²) in [6, 6.07) is 19.1. The minimum absolute atomic E-state index is 0.0172. The van der Waals surface area contributed by atoms with Gasteiger partial charge in [0.25, 0.3) is 0 Å². The maximum atomic E-state index is 14.8. The molecule has 3 rings (SSSR count). The first-order chi connectivity index (χ1) is 13.8. The molecular weight excluding hydrogens is 391 g/mol. The molecule has 0 N–H and O–H groups in total. The van der Waals surface area contributed by atoms with E-state index in [1.54, 1.807) is 43.3 Å². The fraction of sp³-hybridized carbons (Fsp3) is 0.174. The van der Waals surface area contributed by atoms with Crippen LogP contribution in [0.4, 0.5) is 4.39 Å². The Bertz CT molecular complexity index is 1110. The SMILES string of the molecule is CCOC(=O)C(c1ccc(-c2ccccc2)c(F)c1)S(=O)(=O)c1ccc(C)cc1. The van der Waals surface area contributed by atoms with E-state index in [9.17, 15) is 17.6 Å². The molecular formula is C23H21FO4S. The fourth-order valence-electron chi connectivity index (χ4n) is 3.07. The Balaban J connectivity index is 2.09. The molecule has 0 radical (unpaired) electrons. The molecule has 3 aromatic carbocycles. The first kappa shape index (κ1) is 20.7. The summed E-state index contributed by atoms with van der Waals surface area (Å²) in [6.07, 6.45) is 0. The Hall–Kier alpha value is -2.99. The minimum Gasteiger partial charge on any atom is -0.465 e. The van der Waals surface area contributed by atoms with E-state index in [4.69, 9.17) is 4.74 Å². The van der Waals surface area contributed by atoms with Gasteiger partial charge in [-0.2, -0.15) is 0 Å². The van der Waals surface area contributed by atoms with E-state index in [1.165, 1.54) is 24.3 Å². The molecule has 3 aromatic rings. The van der Waals surface area contributed by atoms with Gasteiger partial charge in [0.1, 0.15) is 5.82 Å². The normalized spacial score (nSPS) is 12.4. The Morgan fingerprint density at radius 3 is 2.24 bits per heavy atom. The summed E-state index contributed by atoms with van der Waals surface area (Å²) in [5.74, 6) is -1.54. The molecule has 0 fully saturated rings. The van der Waals surface area contributed by atoms with Crippen LogP contribution >= 0.6 is 0 Å². The van der Waals surface area contributed by atoms with Crippen molar-refractivity contribution in [2.45, 2.75) is 24.0 Å². The van der Waals surface area contributed by atoms with E-state index in [0.29, 0.717) is 11.1 Å². The molecule has 4 nitrogen and oxygen atoms in total. The monoisotopic (exact) mass is 412 g/mol. The van der Waals surface area contributed by atoms with Crippen LogP contribution in [0.2, 0.25) is 0 Å². The van der Waals surface area contributed by atoms with Crippen molar-refractivity contribution in [1.82, 2.24) is 0 Å². The lowest BCUT2D eigenvalue weighted by Crippen LogP contribution is -2.25.